The van der Waals surface area contributed by atoms with Gasteiger partial charge in [-0.2, -0.15) is 0 Å². The number of anilines is 1. The molecular formula is C24H15BrCl2N2O4. The number of hydrogen-bond donors (Lipinski definition) is 1. The lowest BCUT2D eigenvalue weighted by atomic mass is 10.1. The number of imide groups is 2. The van der Waals surface area contributed by atoms with Gasteiger partial charge < -0.3 is 4.74 Å². The van der Waals surface area contributed by atoms with E-state index < -0.39 is 17.8 Å². The molecule has 3 aromatic rings. The van der Waals surface area contributed by atoms with Gasteiger partial charge in [-0.25, -0.2) is 9.69 Å². The van der Waals surface area contributed by atoms with E-state index in [1.807, 2.05) is 24.3 Å². The normalized spacial score (nSPS) is 15.1. The average Bonchev–Trinajstić information content (AvgIpc) is 2.77. The minimum absolute atomic E-state index is 0.194. The molecule has 0 bridgehead atoms. The van der Waals surface area contributed by atoms with Crippen LogP contribution >= 0.6 is 39.1 Å². The van der Waals surface area contributed by atoms with Crippen LogP contribution < -0.4 is 15.0 Å². The number of carbonyl (C=O) groups excluding carboxylic acids is 3. The molecule has 1 aliphatic heterocycles. The number of hydrogen-bond acceptors (Lipinski definition) is 4. The van der Waals surface area contributed by atoms with E-state index in [4.69, 9.17) is 27.9 Å². The third-order valence-corrected chi connectivity index (χ3v) is 5.78. The number of benzene rings is 3. The van der Waals surface area contributed by atoms with Crippen molar-refractivity contribution in [3.8, 4) is 5.75 Å². The molecule has 0 aliphatic carbocycles. The zero-order valence-electron chi connectivity index (χ0n) is 16.8. The molecule has 166 valence electrons. The van der Waals surface area contributed by atoms with E-state index in [9.17, 15) is 14.4 Å². The second kappa shape index (κ2) is 9.79. The summed E-state index contributed by atoms with van der Waals surface area (Å²) >= 11 is 15.9. The van der Waals surface area contributed by atoms with Crippen LogP contribution in [0.1, 0.15) is 11.1 Å². The lowest BCUT2D eigenvalue weighted by Crippen LogP contribution is -2.54. The molecule has 0 atom stereocenters. The van der Waals surface area contributed by atoms with Crippen molar-refractivity contribution in [3.05, 3.63) is 97.9 Å². The number of para-hydroxylation sites is 1. The van der Waals surface area contributed by atoms with Crippen LogP contribution in [0.25, 0.3) is 6.08 Å². The molecule has 1 N–H and O–H groups in total. The van der Waals surface area contributed by atoms with Crippen LogP contribution in [-0.4, -0.2) is 17.8 Å². The zero-order valence-corrected chi connectivity index (χ0v) is 19.9. The van der Waals surface area contributed by atoms with Crippen molar-refractivity contribution in [1.82, 2.24) is 5.32 Å². The largest absolute Gasteiger partial charge is 0.487 e. The smallest absolute Gasteiger partial charge is 0.335 e. The van der Waals surface area contributed by atoms with Crippen LogP contribution in [-0.2, 0) is 16.2 Å². The summed E-state index contributed by atoms with van der Waals surface area (Å²) in [6.45, 7) is 0.194. The Morgan fingerprint density at radius 1 is 0.970 bits per heavy atom. The predicted octanol–water partition coefficient (Wildman–Crippen LogP) is 6.00. The highest BCUT2D eigenvalue weighted by Gasteiger charge is 2.37. The predicted molar refractivity (Wildman–Crippen MR) is 130 cm³/mol. The fourth-order valence-electron chi connectivity index (χ4n) is 3.20. The first kappa shape index (κ1) is 23.0. The topological polar surface area (TPSA) is 75.7 Å². The first-order valence-electron chi connectivity index (χ1n) is 9.66. The number of amides is 4. The summed E-state index contributed by atoms with van der Waals surface area (Å²) < 4.78 is 6.85. The van der Waals surface area contributed by atoms with Crippen molar-refractivity contribution in [2.75, 3.05) is 4.90 Å². The van der Waals surface area contributed by atoms with Gasteiger partial charge in [0.1, 0.15) is 17.9 Å². The summed E-state index contributed by atoms with van der Waals surface area (Å²) in [5, 5.41) is 2.70. The number of carbonyl (C=O) groups is 3. The number of ether oxygens (including phenoxy) is 1. The fourth-order valence-corrected chi connectivity index (χ4v) is 4.03. The Morgan fingerprint density at radius 2 is 1.67 bits per heavy atom. The van der Waals surface area contributed by atoms with E-state index in [1.165, 1.54) is 18.2 Å². The Hall–Kier alpha value is -3.13. The maximum atomic E-state index is 13.1. The summed E-state index contributed by atoms with van der Waals surface area (Å²) in [5.41, 5.74) is 1.28. The summed E-state index contributed by atoms with van der Waals surface area (Å²) in [7, 11) is 0. The maximum absolute atomic E-state index is 13.1. The van der Waals surface area contributed by atoms with E-state index in [-0.39, 0.29) is 23.0 Å². The maximum Gasteiger partial charge on any atom is 0.335 e. The molecule has 4 amide bonds. The van der Waals surface area contributed by atoms with Crippen LogP contribution in [0.2, 0.25) is 10.0 Å². The SMILES string of the molecule is O=C1NC(=O)N(c2ccccc2)C(=O)/C1=C/c1cc(Cl)cc(Cl)c1OCc1ccc(Br)cc1. The summed E-state index contributed by atoms with van der Waals surface area (Å²) in [6, 6.07) is 18.0. The molecule has 4 rings (SSSR count). The van der Waals surface area contributed by atoms with Gasteiger partial charge in [0.2, 0.25) is 0 Å². The second-order valence-corrected chi connectivity index (χ2v) is 8.77. The molecule has 0 radical (unpaired) electrons. The highest BCUT2D eigenvalue weighted by Crippen LogP contribution is 2.35. The van der Waals surface area contributed by atoms with Gasteiger partial charge in [0.15, 0.2) is 0 Å². The monoisotopic (exact) mass is 544 g/mol. The quantitative estimate of drug-likeness (QED) is 0.315. The third kappa shape index (κ3) is 5.11. The number of nitrogens with zero attached hydrogens (tertiary/aromatic N) is 1. The molecule has 0 spiro atoms. The summed E-state index contributed by atoms with van der Waals surface area (Å²) in [6.07, 6.45) is 1.31. The molecule has 0 aromatic heterocycles. The number of halogens is 3. The van der Waals surface area contributed by atoms with Crippen molar-refractivity contribution in [1.29, 1.82) is 0 Å². The van der Waals surface area contributed by atoms with E-state index >= 15 is 0 Å². The average molecular weight is 546 g/mol. The zero-order chi connectivity index (χ0) is 23.5. The van der Waals surface area contributed by atoms with Gasteiger partial charge in [-0.3, -0.25) is 14.9 Å². The number of urea groups is 1. The fraction of sp³-hybridized carbons (Fsp3) is 0.0417. The van der Waals surface area contributed by atoms with Crippen LogP contribution in [0, 0.1) is 0 Å². The van der Waals surface area contributed by atoms with E-state index in [2.05, 4.69) is 21.2 Å². The molecule has 0 saturated carbocycles. The standard InChI is InChI=1S/C24H15BrCl2N2O4/c25-16-8-6-14(7-9-16)13-33-21-15(10-17(26)12-20(21)27)11-19-22(30)28-24(32)29(23(19)31)18-4-2-1-3-5-18/h1-12H,13H2,(H,28,30,32)/b19-11+. The lowest BCUT2D eigenvalue weighted by molar-refractivity contribution is -0.122. The Balaban J connectivity index is 1.70. The van der Waals surface area contributed by atoms with Crippen molar-refractivity contribution < 1.29 is 19.1 Å². The molecule has 0 unspecified atom stereocenters. The van der Waals surface area contributed by atoms with Crippen molar-refractivity contribution >= 4 is 68.7 Å². The molecule has 33 heavy (non-hydrogen) atoms. The number of barbiturate groups is 1. The van der Waals surface area contributed by atoms with Crippen LogP contribution in [0.4, 0.5) is 10.5 Å². The van der Waals surface area contributed by atoms with Crippen LogP contribution in [0.15, 0.2) is 76.8 Å². The molecule has 3 aromatic carbocycles. The molecule has 1 saturated heterocycles. The van der Waals surface area contributed by atoms with Crippen LogP contribution in [0.3, 0.4) is 0 Å². The Labute approximate surface area is 207 Å². The highest BCUT2D eigenvalue weighted by molar-refractivity contribution is 9.10. The minimum atomic E-state index is -0.829. The van der Waals surface area contributed by atoms with Gasteiger partial charge in [-0.15, -0.1) is 0 Å². The number of nitrogens with one attached hydrogen (secondary N) is 1. The van der Waals surface area contributed by atoms with Gasteiger partial charge in [-0.05, 0) is 48.0 Å². The number of rotatable bonds is 5. The van der Waals surface area contributed by atoms with Crippen molar-refractivity contribution in [2.45, 2.75) is 6.61 Å². The summed E-state index contributed by atoms with van der Waals surface area (Å²) in [4.78, 5) is 38.9. The Morgan fingerprint density at radius 3 is 2.36 bits per heavy atom. The van der Waals surface area contributed by atoms with E-state index in [0.29, 0.717) is 16.3 Å². The van der Waals surface area contributed by atoms with Gasteiger partial charge in [-0.1, -0.05) is 69.5 Å². The van der Waals surface area contributed by atoms with Crippen LogP contribution in [0.5, 0.6) is 5.75 Å². The minimum Gasteiger partial charge on any atom is -0.487 e. The highest BCUT2D eigenvalue weighted by atomic mass is 79.9. The molecule has 1 fully saturated rings. The molecular weight excluding hydrogens is 531 g/mol. The van der Waals surface area contributed by atoms with E-state index in [0.717, 1.165) is 14.9 Å². The third-order valence-electron chi connectivity index (χ3n) is 4.75. The second-order valence-electron chi connectivity index (χ2n) is 7.01. The lowest BCUT2D eigenvalue weighted by Gasteiger charge is -2.26. The molecule has 1 heterocycles. The van der Waals surface area contributed by atoms with Gasteiger partial charge in [0, 0.05) is 15.1 Å². The van der Waals surface area contributed by atoms with E-state index in [1.54, 1.807) is 30.3 Å². The van der Waals surface area contributed by atoms with Crippen molar-refractivity contribution in [2.24, 2.45) is 0 Å². The van der Waals surface area contributed by atoms with Gasteiger partial charge in [0.05, 0.1) is 10.7 Å². The first-order chi connectivity index (χ1) is 15.8. The molecule has 1 aliphatic rings. The molecule has 6 nitrogen and oxygen atoms in total. The Bertz CT molecular complexity index is 1280. The van der Waals surface area contributed by atoms with Crippen molar-refractivity contribution in [3.63, 3.8) is 0 Å². The molecule has 9 heteroatoms. The van der Waals surface area contributed by atoms with Gasteiger partial charge >= 0.3 is 6.03 Å². The first-order valence-corrected chi connectivity index (χ1v) is 11.2. The summed E-state index contributed by atoms with van der Waals surface area (Å²) in [5.74, 6) is -1.35. The van der Waals surface area contributed by atoms with Gasteiger partial charge in [0.25, 0.3) is 11.8 Å². The Kier molecular flexibility index (Phi) is 6.83.